The van der Waals surface area contributed by atoms with E-state index in [2.05, 4.69) is 29.0 Å². The summed E-state index contributed by atoms with van der Waals surface area (Å²) in [5.74, 6) is -0.256. The van der Waals surface area contributed by atoms with Gasteiger partial charge in [0.25, 0.3) is 0 Å². The summed E-state index contributed by atoms with van der Waals surface area (Å²) in [6.45, 7) is 5.12. The summed E-state index contributed by atoms with van der Waals surface area (Å²) in [7, 11) is 4.07. The van der Waals surface area contributed by atoms with Crippen LogP contribution >= 0.6 is 0 Å². The van der Waals surface area contributed by atoms with Gasteiger partial charge in [0.1, 0.15) is 5.82 Å². The fourth-order valence-corrected chi connectivity index (χ4v) is 1.95. The molecule has 1 rings (SSSR count). The molecule has 0 amide bonds. The van der Waals surface area contributed by atoms with E-state index in [0.29, 0.717) is 11.4 Å². The van der Waals surface area contributed by atoms with Gasteiger partial charge >= 0.3 is 5.97 Å². The van der Waals surface area contributed by atoms with Crippen LogP contribution in [0.5, 0.6) is 0 Å². The van der Waals surface area contributed by atoms with E-state index >= 15 is 0 Å². The molecule has 5 nitrogen and oxygen atoms in total. The Kier molecular flexibility index (Phi) is 6.45. The van der Waals surface area contributed by atoms with E-state index in [1.165, 1.54) is 0 Å². The zero-order valence-electron chi connectivity index (χ0n) is 12.8. The molecule has 0 aliphatic heterocycles. The predicted octanol–water partition coefficient (Wildman–Crippen LogP) is 2.48. The van der Waals surface area contributed by atoms with E-state index in [9.17, 15) is 4.79 Å². The number of anilines is 1. The molecule has 0 radical (unpaired) electrons. The number of nitrogens with zero attached hydrogens (tertiary/aromatic N) is 2. The first-order valence-electron chi connectivity index (χ1n) is 7.08. The maximum absolute atomic E-state index is 11.1. The van der Waals surface area contributed by atoms with Crippen LogP contribution in [0.2, 0.25) is 0 Å². The zero-order valence-corrected chi connectivity index (χ0v) is 12.8. The van der Waals surface area contributed by atoms with Gasteiger partial charge < -0.3 is 15.3 Å². The second-order valence-corrected chi connectivity index (χ2v) is 5.42. The molecule has 0 aliphatic carbocycles. The van der Waals surface area contributed by atoms with Crippen LogP contribution in [0, 0.1) is 0 Å². The molecule has 0 spiro atoms. The number of aromatic nitrogens is 1. The topological polar surface area (TPSA) is 65.5 Å². The highest BCUT2D eigenvalue weighted by Gasteiger charge is 2.10. The highest BCUT2D eigenvalue weighted by molar-refractivity contribution is 5.88. The van der Waals surface area contributed by atoms with Crippen molar-refractivity contribution in [3.8, 4) is 0 Å². The normalized spacial score (nSPS) is 12.4. The van der Waals surface area contributed by atoms with Crippen LogP contribution in [0.1, 0.15) is 42.7 Å². The Morgan fingerprint density at radius 2 is 2.15 bits per heavy atom. The molecular weight excluding hydrogens is 254 g/mol. The van der Waals surface area contributed by atoms with E-state index in [0.717, 1.165) is 31.5 Å². The Morgan fingerprint density at radius 3 is 2.70 bits per heavy atom. The van der Waals surface area contributed by atoms with Crippen LogP contribution in [0.3, 0.4) is 0 Å². The molecule has 112 valence electrons. The van der Waals surface area contributed by atoms with Crippen LogP contribution < -0.4 is 5.32 Å². The highest BCUT2D eigenvalue weighted by atomic mass is 16.4. The van der Waals surface area contributed by atoms with Crippen LogP contribution in [0.25, 0.3) is 0 Å². The Hall–Kier alpha value is -1.62. The summed E-state index contributed by atoms with van der Waals surface area (Å²) in [5.41, 5.74) is 1.13. The third kappa shape index (κ3) is 5.57. The van der Waals surface area contributed by atoms with Crippen LogP contribution in [0.15, 0.2) is 12.1 Å². The fourth-order valence-electron chi connectivity index (χ4n) is 1.95. The van der Waals surface area contributed by atoms with Crippen molar-refractivity contribution >= 4 is 11.8 Å². The Morgan fingerprint density at radius 1 is 1.45 bits per heavy atom. The molecule has 1 aromatic heterocycles. The number of aryl methyl sites for hydroxylation is 1. The number of carboxylic acids is 1. The minimum Gasteiger partial charge on any atom is -0.478 e. The summed E-state index contributed by atoms with van der Waals surface area (Å²) < 4.78 is 0. The third-order valence-electron chi connectivity index (χ3n) is 3.04. The first-order valence-corrected chi connectivity index (χ1v) is 7.08. The summed E-state index contributed by atoms with van der Waals surface area (Å²) in [6, 6.07) is 3.51. The molecule has 1 atom stereocenters. The average molecular weight is 279 g/mol. The molecule has 20 heavy (non-hydrogen) atoms. The standard InChI is InChI=1S/C15H25N3O2/c1-5-6-13-9-12(15(19)20)10-14(17-13)16-11(2)7-8-18(3)4/h9-11H,5-8H2,1-4H3,(H,16,17)(H,19,20). The van der Waals surface area contributed by atoms with Crippen molar-refractivity contribution in [2.75, 3.05) is 26.0 Å². The molecule has 0 aromatic carbocycles. The van der Waals surface area contributed by atoms with Gasteiger partial charge in [-0.3, -0.25) is 0 Å². The molecule has 0 aliphatic rings. The lowest BCUT2D eigenvalue weighted by atomic mass is 10.1. The second-order valence-electron chi connectivity index (χ2n) is 5.42. The molecule has 1 unspecified atom stereocenters. The van der Waals surface area contributed by atoms with E-state index in [-0.39, 0.29) is 6.04 Å². The number of pyridine rings is 1. The maximum atomic E-state index is 11.1. The van der Waals surface area contributed by atoms with E-state index in [4.69, 9.17) is 5.11 Å². The third-order valence-corrected chi connectivity index (χ3v) is 3.04. The van der Waals surface area contributed by atoms with Crippen molar-refractivity contribution in [3.63, 3.8) is 0 Å². The number of carbonyl (C=O) groups is 1. The fraction of sp³-hybridized carbons (Fsp3) is 0.600. The maximum Gasteiger partial charge on any atom is 0.335 e. The van der Waals surface area contributed by atoms with Crippen molar-refractivity contribution in [2.24, 2.45) is 0 Å². The van der Waals surface area contributed by atoms with Gasteiger partial charge in [-0.15, -0.1) is 0 Å². The molecular formula is C15H25N3O2. The summed E-state index contributed by atoms with van der Waals surface area (Å²) in [4.78, 5) is 17.8. The summed E-state index contributed by atoms with van der Waals surface area (Å²) in [6.07, 6.45) is 2.72. The van der Waals surface area contributed by atoms with Gasteiger partial charge in [-0.25, -0.2) is 9.78 Å². The van der Waals surface area contributed by atoms with Crippen molar-refractivity contribution in [2.45, 2.75) is 39.2 Å². The van der Waals surface area contributed by atoms with Gasteiger partial charge in [0.15, 0.2) is 0 Å². The lowest BCUT2D eigenvalue weighted by Gasteiger charge is -2.18. The van der Waals surface area contributed by atoms with Crippen molar-refractivity contribution < 1.29 is 9.90 Å². The molecule has 0 fully saturated rings. The van der Waals surface area contributed by atoms with Gasteiger partial charge in [-0.2, -0.15) is 0 Å². The summed E-state index contributed by atoms with van der Waals surface area (Å²) >= 11 is 0. The lowest BCUT2D eigenvalue weighted by molar-refractivity contribution is 0.0696. The van der Waals surface area contributed by atoms with Gasteiger partial charge in [0.2, 0.25) is 0 Å². The number of hydrogen-bond donors (Lipinski definition) is 2. The van der Waals surface area contributed by atoms with E-state index < -0.39 is 5.97 Å². The molecule has 1 heterocycles. The Balaban J connectivity index is 2.79. The number of aromatic carboxylic acids is 1. The first-order chi connectivity index (χ1) is 9.42. The van der Waals surface area contributed by atoms with E-state index in [1.54, 1.807) is 12.1 Å². The van der Waals surface area contributed by atoms with Crippen molar-refractivity contribution in [1.29, 1.82) is 0 Å². The largest absolute Gasteiger partial charge is 0.478 e. The number of hydrogen-bond acceptors (Lipinski definition) is 4. The lowest BCUT2D eigenvalue weighted by Crippen LogP contribution is -2.23. The smallest absolute Gasteiger partial charge is 0.335 e. The molecule has 0 saturated heterocycles. The molecule has 2 N–H and O–H groups in total. The molecule has 1 aromatic rings. The molecule has 0 saturated carbocycles. The molecule has 5 heteroatoms. The number of carboxylic acid groups (broad SMARTS) is 1. The molecule has 0 bridgehead atoms. The number of nitrogens with one attached hydrogen (secondary N) is 1. The van der Waals surface area contributed by atoms with Crippen LogP contribution in [-0.4, -0.2) is 47.6 Å². The SMILES string of the molecule is CCCc1cc(C(=O)O)cc(NC(C)CCN(C)C)n1. The minimum absolute atomic E-state index is 0.253. The monoisotopic (exact) mass is 279 g/mol. The Labute approximate surface area is 121 Å². The zero-order chi connectivity index (χ0) is 15.1. The minimum atomic E-state index is -0.909. The van der Waals surface area contributed by atoms with Gasteiger partial charge in [-0.1, -0.05) is 13.3 Å². The summed E-state index contributed by atoms with van der Waals surface area (Å²) in [5, 5.41) is 12.4. The first kappa shape index (κ1) is 16.4. The van der Waals surface area contributed by atoms with Crippen molar-refractivity contribution in [1.82, 2.24) is 9.88 Å². The quantitative estimate of drug-likeness (QED) is 0.765. The van der Waals surface area contributed by atoms with Crippen LogP contribution in [-0.2, 0) is 6.42 Å². The average Bonchev–Trinajstić information content (AvgIpc) is 2.36. The van der Waals surface area contributed by atoms with Crippen LogP contribution in [0.4, 0.5) is 5.82 Å². The Bertz CT molecular complexity index is 447. The van der Waals surface area contributed by atoms with Gasteiger partial charge in [0.05, 0.1) is 5.56 Å². The van der Waals surface area contributed by atoms with Gasteiger partial charge in [-0.05, 0) is 52.5 Å². The predicted molar refractivity (Wildman–Crippen MR) is 81.4 cm³/mol. The van der Waals surface area contributed by atoms with E-state index in [1.807, 2.05) is 14.1 Å². The van der Waals surface area contributed by atoms with Crippen molar-refractivity contribution in [3.05, 3.63) is 23.4 Å². The highest BCUT2D eigenvalue weighted by Crippen LogP contribution is 2.14. The number of rotatable bonds is 8. The van der Waals surface area contributed by atoms with Gasteiger partial charge in [0, 0.05) is 11.7 Å². The second kappa shape index (κ2) is 7.85.